The van der Waals surface area contributed by atoms with Crippen molar-refractivity contribution in [2.24, 2.45) is 17.8 Å². The smallest absolute Gasteiger partial charge is 0.116 e. The molecule has 0 amide bonds. The van der Waals surface area contributed by atoms with Gasteiger partial charge in [-0.05, 0) is 63.4 Å². The first-order valence-corrected chi connectivity index (χ1v) is 8.14. The molecule has 2 fully saturated rings. The third-order valence-corrected chi connectivity index (χ3v) is 5.67. The first-order chi connectivity index (χ1) is 9.90. The molecular weight excluding hydrogens is 286 g/mol. The Morgan fingerprint density at radius 3 is 2.81 bits per heavy atom. The van der Waals surface area contributed by atoms with E-state index in [1.54, 1.807) is 18.2 Å². The lowest BCUT2D eigenvalue weighted by Crippen LogP contribution is -2.47. The second-order valence-electron chi connectivity index (χ2n) is 7.10. The number of nitrogens with zero attached hydrogens (tertiary/aromatic N) is 1. The zero-order valence-electron chi connectivity index (χ0n) is 12.7. The summed E-state index contributed by atoms with van der Waals surface area (Å²) in [6, 6.07) is 4.91. The molecule has 2 N–H and O–H groups in total. The summed E-state index contributed by atoms with van der Waals surface area (Å²) in [6.45, 7) is 0.847. The van der Waals surface area contributed by atoms with Crippen LogP contribution in [-0.4, -0.2) is 35.8 Å². The summed E-state index contributed by atoms with van der Waals surface area (Å²) < 4.78 is 0. The monoisotopic (exact) mass is 309 g/mol. The highest BCUT2D eigenvalue weighted by Crippen LogP contribution is 2.55. The molecule has 1 aromatic rings. The minimum Gasteiger partial charge on any atom is -0.508 e. The van der Waals surface area contributed by atoms with Crippen molar-refractivity contribution in [3.05, 3.63) is 28.8 Å². The van der Waals surface area contributed by atoms with Crippen molar-refractivity contribution in [1.82, 2.24) is 4.90 Å². The molecule has 3 rings (SSSR count). The second kappa shape index (κ2) is 5.45. The number of phenols is 1. The van der Waals surface area contributed by atoms with E-state index in [1.165, 1.54) is 19.3 Å². The fourth-order valence-electron chi connectivity index (χ4n) is 4.49. The quantitative estimate of drug-likeness (QED) is 0.901. The average Bonchev–Trinajstić information content (AvgIpc) is 2.81. The van der Waals surface area contributed by atoms with Gasteiger partial charge in [-0.1, -0.05) is 18.0 Å². The summed E-state index contributed by atoms with van der Waals surface area (Å²) in [4.78, 5) is 2.14. The zero-order chi connectivity index (χ0) is 15.2. The topological polar surface area (TPSA) is 43.7 Å². The molecule has 2 bridgehead atoms. The molecule has 4 atom stereocenters. The third-order valence-electron chi connectivity index (χ3n) is 5.34. The van der Waals surface area contributed by atoms with Crippen molar-refractivity contribution in [1.29, 1.82) is 0 Å². The molecule has 0 radical (unpaired) electrons. The maximum absolute atomic E-state index is 11.5. The highest BCUT2D eigenvalue weighted by Gasteiger charge is 2.52. The van der Waals surface area contributed by atoms with Crippen LogP contribution in [0, 0.1) is 17.8 Å². The lowest BCUT2D eigenvalue weighted by molar-refractivity contribution is -0.0891. The number of halogens is 1. The van der Waals surface area contributed by atoms with Gasteiger partial charge in [0, 0.05) is 23.0 Å². The largest absolute Gasteiger partial charge is 0.508 e. The summed E-state index contributed by atoms with van der Waals surface area (Å²) in [7, 11) is 4.09. The van der Waals surface area contributed by atoms with Crippen molar-refractivity contribution in [3.8, 4) is 5.75 Å². The lowest BCUT2D eigenvalue weighted by atomic mass is 9.66. The molecule has 2 aliphatic carbocycles. The molecule has 0 heterocycles. The highest BCUT2D eigenvalue weighted by atomic mass is 35.5. The number of rotatable bonds is 3. The van der Waals surface area contributed by atoms with Gasteiger partial charge in [-0.25, -0.2) is 0 Å². The molecule has 116 valence electrons. The van der Waals surface area contributed by atoms with E-state index < -0.39 is 5.60 Å². The minimum atomic E-state index is -0.926. The van der Waals surface area contributed by atoms with Gasteiger partial charge in [-0.3, -0.25) is 0 Å². The van der Waals surface area contributed by atoms with Crippen molar-refractivity contribution >= 4 is 11.6 Å². The third kappa shape index (κ3) is 2.67. The van der Waals surface area contributed by atoms with E-state index in [4.69, 9.17) is 11.6 Å². The predicted octanol–water partition coefficient (Wildman–Crippen LogP) is 3.23. The van der Waals surface area contributed by atoms with Gasteiger partial charge in [0.2, 0.25) is 0 Å². The molecule has 3 nitrogen and oxygen atoms in total. The van der Waals surface area contributed by atoms with Gasteiger partial charge in [0.15, 0.2) is 0 Å². The first kappa shape index (κ1) is 15.1. The molecular formula is C17H24ClNO2. The van der Waals surface area contributed by atoms with Gasteiger partial charge in [0.1, 0.15) is 5.75 Å². The van der Waals surface area contributed by atoms with E-state index in [0.29, 0.717) is 22.4 Å². The van der Waals surface area contributed by atoms with Gasteiger partial charge in [0.05, 0.1) is 5.60 Å². The van der Waals surface area contributed by atoms with Crippen LogP contribution in [0.3, 0.4) is 0 Å². The minimum absolute atomic E-state index is 0.171. The van der Waals surface area contributed by atoms with Crippen molar-refractivity contribution in [3.63, 3.8) is 0 Å². The molecule has 2 aliphatic rings. The number of hydrogen-bond acceptors (Lipinski definition) is 3. The maximum atomic E-state index is 11.5. The van der Waals surface area contributed by atoms with Crippen LogP contribution >= 0.6 is 11.6 Å². The molecule has 4 heteroatoms. The fraction of sp³-hybridized carbons (Fsp3) is 0.647. The van der Waals surface area contributed by atoms with Crippen LogP contribution in [0.5, 0.6) is 5.75 Å². The van der Waals surface area contributed by atoms with Crippen LogP contribution in [0.25, 0.3) is 0 Å². The van der Waals surface area contributed by atoms with Crippen LogP contribution < -0.4 is 0 Å². The lowest BCUT2D eigenvalue weighted by Gasteiger charge is -2.45. The Hall–Kier alpha value is -0.770. The fourth-order valence-corrected chi connectivity index (χ4v) is 4.78. The molecule has 0 aromatic heterocycles. The maximum Gasteiger partial charge on any atom is 0.116 e. The van der Waals surface area contributed by atoms with E-state index in [0.717, 1.165) is 13.0 Å². The summed E-state index contributed by atoms with van der Waals surface area (Å²) in [6.07, 6.45) is 4.37. The van der Waals surface area contributed by atoms with Crippen molar-refractivity contribution < 1.29 is 10.2 Å². The number of aliphatic hydroxyl groups is 1. The number of aromatic hydroxyl groups is 1. The van der Waals surface area contributed by atoms with Gasteiger partial charge in [-0.2, -0.15) is 0 Å². The van der Waals surface area contributed by atoms with E-state index >= 15 is 0 Å². The Balaban J connectivity index is 2.04. The zero-order valence-corrected chi connectivity index (χ0v) is 13.5. The van der Waals surface area contributed by atoms with Crippen LogP contribution in [0.15, 0.2) is 18.2 Å². The van der Waals surface area contributed by atoms with Gasteiger partial charge >= 0.3 is 0 Å². The Bertz CT molecular complexity index is 534. The molecule has 0 aliphatic heterocycles. The SMILES string of the molecule is CN(C)C[C@H]1[C@@H]2CC[C@@H](C2)C[C@]1(O)c1cc(O)ccc1Cl. The van der Waals surface area contributed by atoms with Gasteiger partial charge < -0.3 is 15.1 Å². The van der Waals surface area contributed by atoms with E-state index in [9.17, 15) is 10.2 Å². The Morgan fingerprint density at radius 2 is 2.10 bits per heavy atom. The van der Waals surface area contributed by atoms with Crippen LogP contribution in [0.2, 0.25) is 5.02 Å². The second-order valence-corrected chi connectivity index (χ2v) is 7.51. The van der Waals surface area contributed by atoms with Crippen LogP contribution in [-0.2, 0) is 5.60 Å². The number of hydrogen-bond donors (Lipinski definition) is 2. The van der Waals surface area contributed by atoms with Crippen LogP contribution in [0.4, 0.5) is 0 Å². The molecule has 21 heavy (non-hydrogen) atoms. The summed E-state index contributed by atoms with van der Waals surface area (Å²) >= 11 is 6.35. The molecule has 0 spiro atoms. The molecule has 1 aromatic carbocycles. The van der Waals surface area contributed by atoms with Gasteiger partial charge in [-0.15, -0.1) is 0 Å². The molecule has 2 saturated carbocycles. The first-order valence-electron chi connectivity index (χ1n) is 7.76. The number of benzene rings is 1. The Kier molecular flexibility index (Phi) is 3.93. The Labute approximate surface area is 131 Å². The summed E-state index contributed by atoms with van der Waals surface area (Å²) in [5.41, 5.74) is -0.225. The Morgan fingerprint density at radius 1 is 1.33 bits per heavy atom. The summed E-state index contributed by atoms with van der Waals surface area (Å²) in [5, 5.41) is 21.9. The van der Waals surface area contributed by atoms with Crippen molar-refractivity contribution in [2.75, 3.05) is 20.6 Å². The normalized spacial score (nSPS) is 35.4. The standard InChI is InChI=1S/C17H24ClNO2/c1-19(2)10-15-12-4-3-11(7-12)9-17(15,21)14-8-13(20)5-6-16(14)18/h5-6,8,11-12,15,20-21H,3-4,7,9-10H2,1-2H3/t11-,12+,15-,17-/m0/s1. The van der Waals surface area contributed by atoms with Gasteiger partial charge in [0.25, 0.3) is 0 Å². The van der Waals surface area contributed by atoms with Crippen molar-refractivity contribution in [2.45, 2.75) is 31.3 Å². The number of fused-ring (bicyclic) bond motifs is 2. The van der Waals surface area contributed by atoms with Crippen LogP contribution in [0.1, 0.15) is 31.2 Å². The molecule has 0 unspecified atom stereocenters. The highest BCUT2D eigenvalue weighted by molar-refractivity contribution is 6.31. The average molecular weight is 310 g/mol. The van der Waals surface area contributed by atoms with E-state index in [-0.39, 0.29) is 11.7 Å². The molecule has 0 saturated heterocycles. The van der Waals surface area contributed by atoms with E-state index in [1.807, 2.05) is 14.1 Å². The van der Waals surface area contributed by atoms with E-state index in [2.05, 4.69) is 4.90 Å². The summed E-state index contributed by atoms with van der Waals surface area (Å²) in [5.74, 6) is 1.47. The number of phenolic OH excluding ortho intramolecular Hbond substituents is 1. The predicted molar refractivity (Wildman–Crippen MR) is 84.5 cm³/mol.